The number of hydrogen-bond acceptors (Lipinski definition) is 7. The van der Waals surface area contributed by atoms with Crippen LogP contribution >= 0.6 is 0 Å². The van der Waals surface area contributed by atoms with Crippen LogP contribution in [0.25, 0.3) is 10.9 Å². The summed E-state index contributed by atoms with van der Waals surface area (Å²) in [7, 11) is -3.95. The number of primary amides is 1. The Balaban J connectivity index is 1.50. The van der Waals surface area contributed by atoms with Gasteiger partial charge in [-0.3, -0.25) is 9.69 Å². The first-order valence-electron chi connectivity index (χ1n) is 11.6. The molecule has 36 heavy (non-hydrogen) atoms. The van der Waals surface area contributed by atoms with Crippen molar-refractivity contribution in [2.75, 3.05) is 31.5 Å². The number of piperazine rings is 1. The van der Waals surface area contributed by atoms with Crippen LogP contribution < -0.4 is 11.1 Å². The lowest BCUT2D eigenvalue weighted by atomic mass is 10.0. The second kappa shape index (κ2) is 10.4. The van der Waals surface area contributed by atoms with Crippen LogP contribution in [0.2, 0.25) is 0 Å². The van der Waals surface area contributed by atoms with Gasteiger partial charge in [-0.2, -0.15) is 4.31 Å². The number of sulfonamides is 1. The monoisotopic (exact) mass is 518 g/mol. The van der Waals surface area contributed by atoms with Gasteiger partial charge in [0.1, 0.15) is 17.7 Å². The number of anilines is 1. The van der Waals surface area contributed by atoms with Crippen LogP contribution in [0.3, 0.4) is 0 Å². The molecule has 192 valence electrons. The van der Waals surface area contributed by atoms with Gasteiger partial charge in [0.05, 0.1) is 17.0 Å². The number of nitrogens with zero attached hydrogens (tertiary/aromatic N) is 4. The van der Waals surface area contributed by atoms with Crippen LogP contribution in [0, 0.1) is 17.6 Å². The average molecular weight is 519 g/mol. The minimum absolute atomic E-state index is 0.0516. The molecule has 1 aromatic heterocycles. The number of para-hydroxylation sites is 1. The summed E-state index contributed by atoms with van der Waals surface area (Å²) in [5.41, 5.74) is 6.28. The Labute approximate surface area is 208 Å². The van der Waals surface area contributed by atoms with Crippen LogP contribution in [0.15, 0.2) is 47.4 Å². The van der Waals surface area contributed by atoms with Crippen LogP contribution in [0.5, 0.6) is 0 Å². The normalized spacial score (nSPS) is 16.4. The van der Waals surface area contributed by atoms with E-state index >= 15 is 0 Å². The molecule has 3 aromatic rings. The SMILES string of the molecule is CC(C)[C@H](Nc1nc(CN2CCN(S(=O)(=O)c3ccc(F)c(F)c3)CC2)nc2ccccc12)C(N)=O. The Morgan fingerprint density at radius 2 is 1.75 bits per heavy atom. The zero-order chi connectivity index (χ0) is 26.0. The van der Waals surface area contributed by atoms with Gasteiger partial charge < -0.3 is 11.1 Å². The Morgan fingerprint density at radius 1 is 1.06 bits per heavy atom. The number of hydrogen-bond donors (Lipinski definition) is 2. The maximum atomic E-state index is 13.6. The highest BCUT2D eigenvalue weighted by Crippen LogP contribution is 2.24. The number of carbonyl (C=O) groups excluding carboxylic acids is 1. The van der Waals surface area contributed by atoms with E-state index in [2.05, 4.69) is 15.3 Å². The van der Waals surface area contributed by atoms with E-state index < -0.39 is 33.6 Å². The van der Waals surface area contributed by atoms with Crippen molar-refractivity contribution in [3.05, 3.63) is 59.9 Å². The molecule has 0 bridgehead atoms. The molecule has 1 saturated heterocycles. The fourth-order valence-corrected chi connectivity index (χ4v) is 5.57. The highest BCUT2D eigenvalue weighted by molar-refractivity contribution is 7.89. The third kappa shape index (κ3) is 5.45. The summed E-state index contributed by atoms with van der Waals surface area (Å²) in [5, 5.41) is 3.92. The van der Waals surface area contributed by atoms with E-state index in [1.165, 1.54) is 4.31 Å². The van der Waals surface area contributed by atoms with E-state index in [1.54, 1.807) is 0 Å². The molecule has 0 spiro atoms. The van der Waals surface area contributed by atoms with Crippen LogP contribution in [-0.2, 0) is 21.4 Å². The van der Waals surface area contributed by atoms with Gasteiger partial charge in [-0.05, 0) is 36.2 Å². The Kier molecular flexibility index (Phi) is 7.48. The van der Waals surface area contributed by atoms with E-state index in [0.29, 0.717) is 42.9 Å². The van der Waals surface area contributed by atoms with Gasteiger partial charge in [0.2, 0.25) is 15.9 Å². The molecule has 1 aliphatic rings. The number of fused-ring (bicyclic) bond motifs is 1. The number of aromatic nitrogens is 2. The molecule has 2 aromatic carbocycles. The molecule has 12 heteroatoms. The quantitative estimate of drug-likeness (QED) is 0.469. The van der Waals surface area contributed by atoms with E-state index in [0.717, 1.165) is 17.5 Å². The predicted molar refractivity (Wildman–Crippen MR) is 131 cm³/mol. The zero-order valence-electron chi connectivity index (χ0n) is 20.0. The predicted octanol–water partition coefficient (Wildman–Crippen LogP) is 2.34. The van der Waals surface area contributed by atoms with Crippen molar-refractivity contribution in [2.24, 2.45) is 11.7 Å². The van der Waals surface area contributed by atoms with Gasteiger partial charge in [0.15, 0.2) is 11.6 Å². The van der Waals surface area contributed by atoms with E-state index in [9.17, 15) is 22.0 Å². The Hall–Kier alpha value is -3.22. The number of halogens is 2. The molecule has 3 N–H and O–H groups in total. The fourth-order valence-electron chi connectivity index (χ4n) is 4.13. The number of benzene rings is 2. The van der Waals surface area contributed by atoms with E-state index in [4.69, 9.17) is 5.73 Å². The van der Waals surface area contributed by atoms with E-state index in [1.807, 2.05) is 43.0 Å². The van der Waals surface area contributed by atoms with Crippen molar-refractivity contribution < 1.29 is 22.0 Å². The molecule has 0 unspecified atom stereocenters. The molecule has 9 nitrogen and oxygen atoms in total. The van der Waals surface area contributed by atoms with Crippen molar-refractivity contribution in [1.82, 2.24) is 19.2 Å². The summed E-state index contributed by atoms with van der Waals surface area (Å²) in [5.74, 6) is -1.81. The first-order chi connectivity index (χ1) is 17.1. The van der Waals surface area contributed by atoms with Gasteiger partial charge in [-0.1, -0.05) is 26.0 Å². The molecule has 1 fully saturated rings. The Morgan fingerprint density at radius 3 is 2.39 bits per heavy atom. The fraction of sp³-hybridized carbons (Fsp3) is 0.375. The molecular formula is C24H28F2N6O3S. The lowest BCUT2D eigenvalue weighted by Gasteiger charge is -2.33. The second-order valence-corrected chi connectivity index (χ2v) is 11.0. The number of carbonyl (C=O) groups is 1. The smallest absolute Gasteiger partial charge is 0.243 e. The topological polar surface area (TPSA) is 122 Å². The van der Waals surface area contributed by atoms with Gasteiger partial charge in [0, 0.05) is 31.6 Å². The summed E-state index contributed by atoms with van der Waals surface area (Å²) in [6.07, 6.45) is 0. The molecule has 0 aliphatic carbocycles. The zero-order valence-corrected chi connectivity index (χ0v) is 20.8. The molecule has 4 rings (SSSR count). The van der Waals surface area contributed by atoms with Crippen LogP contribution in [-0.4, -0.2) is 65.7 Å². The summed E-state index contributed by atoms with van der Waals surface area (Å²) < 4.78 is 53.8. The van der Waals surface area contributed by atoms with E-state index in [-0.39, 0.29) is 23.9 Å². The second-order valence-electron chi connectivity index (χ2n) is 9.03. The molecule has 2 heterocycles. The minimum Gasteiger partial charge on any atom is -0.368 e. The van der Waals surface area contributed by atoms with Crippen LogP contribution in [0.4, 0.5) is 14.6 Å². The highest BCUT2D eigenvalue weighted by Gasteiger charge is 2.30. The molecule has 0 radical (unpaired) electrons. The molecule has 0 saturated carbocycles. The lowest BCUT2D eigenvalue weighted by Crippen LogP contribution is -2.48. The number of nitrogens with one attached hydrogen (secondary N) is 1. The maximum absolute atomic E-state index is 13.6. The van der Waals surface area contributed by atoms with Crippen molar-refractivity contribution in [3.63, 3.8) is 0 Å². The van der Waals surface area contributed by atoms with Crippen molar-refractivity contribution in [3.8, 4) is 0 Å². The van der Waals surface area contributed by atoms with Crippen molar-refractivity contribution in [2.45, 2.75) is 31.3 Å². The largest absolute Gasteiger partial charge is 0.368 e. The van der Waals surface area contributed by atoms with Crippen molar-refractivity contribution >= 4 is 32.7 Å². The number of rotatable bonds is 8. The highest BCUT2D eigenvalue weighted by atomic mass is 32.2. The van der Waals surface area contributed by atoms with Gasteiger partial charge in [-0.25, -0.2) is 27.2 Å². The van der Waals surface area contributed by atoms with Gasteiger partial charge in [0.25, 0.3) is 0 Å². The first kappa shape index (κ1) is 25.9. The summed E-state index contributed by atoms with van der Waals surface area (Å²) in [6.45, 7) is 5.30. The third-order valence-electron chi connectivity index (χ3n) is 6.14. The minimum atomic E-state index is -3.95. The van der Waals surface area contributed by atoms with Crippen LogP contribution in [0.1, 0.15) is 19.7 Å². The maximum Gasteiger partial charge on any atom is 0.243 e. The first-order valence-corrected chi connectivity index (χ1v) is 13.0. The number of nitrogens with two attached hydrogens (primary N) is 1. The van der Waals surface area contributed by atoms with Gasteiger partial charge in [-0.15, -0.1) is 0 Å². The standard InChI is InChI=1S/C24H28F2N6O3S/c1-15(2)22(23(27)33)30-24-17-5-3-4-6-20(17)28-21(29-24)14-31-9-11-32(12-10-31)36(34,35)16-7-8-18(25)19(26)13-16/h3-8,13,15,22H,9-12,14H2,1-2H3,(H2,27,33)(H,28,29,30)/t22-/m0/s1. The summed E-state index contributed by atoms with van der Waals surface area (Å²) in [4.78, 5) is 23.0. The molecule has 1 amide bonds. The number of amides is 1. The Bertz CT molecular complexity index is 1380. The van der Waals surface area contributed by atoms with Gasteiger partial charge >= 0.3 is 0 Å². The summed E-state index contributed by atoms with van der Waals surface area (Å²) in [6, 6.07) is 9.40. The molecule has 1 aliphatic heterocycles. The molecular weight excluding hydrogens is 490 g/mol. The lowest BCUT2D eigenvalue weighted by molar-refractivity contribution is -0.119. The average Bonchev–Trinajstić information content (AvgIpc) is 2.84. The third-order valence-corrected chi connectivity index (χ3v) is 8.03. The molecule has 1 atom stereocenters. The van der Waals surface area contributed by atoms with Crippen molar-refractivity contribution in [1.29, 1.82) is 0 Å². The summed E-state index contributed by atoms with van der Waals surface area (Å²) >= 11 is 0.